The zero-order valence-corrected chi connectivity index (χ0v) is 9.48. The number of benzene rings is 1. The summed E-state index contributed by atoms with van der Waals surface area (Å²) in [5.41, 5.74) is 3.16. The molecular formula is C11H12BrN. The molecule has 0 heterocycles. The van der Waals surface area contributed by atoms with Gasteiger partial charge in [-0.25, -0.2) is 0 Å². The Morgan fingerprint density at radius 1 is 1.46 bits per heavy atom. The topological polar surface area (TPSA) is 23.8 Å². The van der Waals surface area contributed by atoms with Crippen LogP contribution in [-0.4, -0.2) is 0 Å². The standard InChI is InChI=1S/C11H12BrN/c1-3-4-10-8(2)9(7-13)5-6-11(10)12/h5-6H,3-4H2,1-2H3. The molecule has 0 saturated heterocycles. The fraction of sp³-hybridized carbons (Fsp3) is 0.364. The van der Waals surface area contributed by atoms with Crippen LogP contribution < -0.4 is 0 Å². The molecular weight excluding hydrogens is 226 g/mol. The number of hydrogen-bond donors (Lipinski definition) is 0. The van der Waals surface area contributed by atoms with Crippen LogP contribution in [0.25, 0.3) is 0 Å². The van der Waals surface area contributed by atoms with Gasteiger partial charge in [0.05, 0.1) is 11.6 Å². The fourth-order valence-electron chi connectivity index (χ4n) is 1.40. The predicted molar refractivity (Wildman–Crippen MR) is 57.6 cm³/mol. The number of halogens is 1. The second-order valence-corrected chi connectivity index (χ2v) is 3.91. The lowest BCUT2D eigenvalue weighted by atomic mass is 10.00. The highest BCUT2D eigenvalue weighted by Crippen LogP contribution is 2.24. The van der Waals surface area contributed by atoms with Crippen molar-refractivity contribution in [3.8, 4) is 6.07 Å². The van der Waals surface area contributed by atoms with E-state index < -0.39 is 0 Å². The molecule has 0 spiro atoms. The monoisotopic (exact) mass is 237 g/mol. The molecule has 0 aromatic heterocycles. The average molecular weight is 238 g/mol. The van der Waals surface area contributed by atoms with E-state index in [1.807, 2.05) is 19.1 Å². The maximum atomic E-state index is 8.84. The number of nitriles is 1. The van der Waals surface area contributed by atoms with Crippen LogP contribution in [0.1, 0.15) is 30.0 Å². The Bertz CT molecular complexity index is 350. The van der Waals surface area contributed by atoms with Crippen LogP contribution in [0.15, 0.2) is 16.6 Å². The Hall–Kier alpha value is -0.810. The summed E-state index contributed by atoms with van der Waals surface area (Å²) in [6.45, 7) is 4.15. The smallest absolute Gasteiger partial charge is 0.0994 e. The lowest BCUT2D eigenvalue weighted by Crippen LogP contribution is -1.93. The van der Waals surface area contributed by atoms with Gasteiger partial charge in [0.15, 0.2) is 0 Å². The Morgan fingerprint density at radius 2 is 2.15 bits per heavy atom. The molecule has 13 heavy (non-hydrogen) atoms. The van der Waals surface area contributed by atoms with Crippen LogP contribution in [0.3, 0.4) is 0 Å². The van der Waals surface area contributed by atoms with Crippen molar-refractivity contribution in [1.29, 1.82) is 5.26 Å². The van der Waals surface area contributed by atoms with Crippen molar-refractivity contribution < 1.29 is 0 Å². The summed E-state index contributed by atoms with van der Waals surface area (Å²) >= 11 is 3.50. The van der Waals surface area contributed by atoms with Crippen molar-refractivity contribution in [3.05, 3.63) is 33.3 Å². The molecule has 0 saturated carbocycles. The Labute approximate surface area is 87.5 Å². The van der Waals surface area contributed by atoms with E-state index in [0.717, 1.165) is 28.4 Å². The summed E-state index contributed by atoms with van der Waals surface area (Å²) in [6, 6.07) is 6.02. The summed E-state index contributed by atoms with van der Waals surface area (Å²) in [4.78, 5) is 0. The van der Waals surface area contributed by atoms with Gasteiger partial charge in [-0.2, -0.15) is 5.26 Å². The summed E-state index contributed by atoms with van der Waals surface area (Å²) in [5.74, 6) is 0. The lowest BCUT2D eigenvalue weighted by molar-refractivity contribution is 0.906. The largest absolute Gasteiger partial charge is 0.192 e. The molecule has 0 unspecified atom stereocenters. The second kappa shape index (κ2) is 4.43. The second-order valence-electron chi connectivity index (χ2n) is 3.06. The van der Waals surface area contributed by atoms with Gasteiger partial charge >= 0.3 is 0 Å². The summed E-state index contributed by atoms with van der Waals surface area (Å²) in [6.07, 6.45) is 2.14. The third-order valence-corrected chi connectivity index (χ3v) is 2.90. The maximum Gasteiger partial charge on any atom is 0.0994 e. The third kappa shape index (κ3) is 2.10. The van der Waals surface area contributed by atoms with Gasteiger partial charge in [-0.3, -0.25) is 0 Å². The molecule has 1 aromatic carbocycles. The number of hydrogen-bond acceptors (Lipinski definition) is 1. The van der Waals surface area contributed by atoms with Crippen LogP contribution in [-0.2, 0) is 6.42 Å². The fourth-order valence-corrected chi connectivity index (χ4v) is 2.03. The minimum Gasteiger partial charge on any atom is -0.192 e. The first-order chi connectivity index (χ1) is 6.20. The quantitative estimate of drug-likeness (QED) is 0.772. The van der Waals surface area contributed by atoms with Gasteiger partial charge in [-0.1, -0.05) is 29.3 Å². The van der Waals surface area contributed by atoms with Gasteiger partial charge in [0.25, 0.3) is 0 Å². The molecule has 1 rings (SSSR count). The zero-order valence-electron chi connectivity index (χ0n) is 7.89. The molecule has 1 nitrogen and oxygen atoms in total. The van der Waals surface area contributed by atoms with Gasteiger partial charge in [-0.05, 0) is 36.6 Å². The van der Waals surface area contributed by atoms with Gasteiger partial charge in [0.2, 0.25) is 0 Å². The van der Waals surface area contributed by atoms with Crippen molar-refractivity contribution in [2.45, 2.75) is 26.7 Å². The molecule has 0 fully saturated rings. The SMILES string of the molecule is CCCc1c(Br)ccc(C#N)c1C. The molecule has 0 amide bonds. The van der Waals surface area contributed by atoms with E-state index >= 15 is 0 Å². The summed E-state index contributed by atoms with van der Waals surface area (Å²) in [7, 11) is 0. The van der Waals surface area contributed by atoms with Crippen LogP contribution >= 0.6 is 15.9 Å². The van der Waals surface area contributed by atoms with Crippen LogP contribution in [0.4, 0.5) is 0 Å². The van der Waals surface area contributed by atoms with Crippen LogP contribution in [0.5, 0.6) is 0 Å². The molecule has 0 radical (unpaired) electrons. The molecule has 2 heteroatoms. The zero-order chi connectivity index (χ0) is 9.84. The van der Waals surface area contributed by atoms with Crippen molar-refractivity contribution in [2.24, 2.45) is 0 Å². The molecule has 68 valence electrons. The maximum absolute atomic E-state index is 8.84. The Balaban J connectivity index is 3.23. The highest BCUT2D eigenvalue weighted by molar-refractivity contribution is 9.10. The normalized spacial score (nSPS) is 9.69. The molecule has 0 N–H and O–H groups in total. The van der Waals surface area contributed by atoms with E-state index in [4.69, 9.17) is 5.26 Å². The molecule has 0 aliphatic carbocycles. The predicted octanol–water partition coefficient (Wildman–Crippen LogP) is 3.58. The van der Waals surface area contributed by atoms with Crippen molar-refractivity contribution in [3.63, 3.8) is 0 Å². The van der Waals surface area contributed by atoms with Crippen molar-refractivity contribution >= 4 is 15.9 Å². The molecule has 0 aliphatic heterocycles. The summed E-state index contributed by atoms with van der Waals surface area (Å²) < 4.78 is 1.12. The molecule has 0 aliphatic rings. The minimum absolute atomic E-state index is 0.784. The van der Waals surface area contributed by atoms with E-state index in [9.17, 15) is 0 Å². The highest BCUT2D eigenvalue weighted by Gasteiger charge is 2.06. The number of rotatable bonds is 2. The van der Waals surface area contributed by atoms with Crippen molar-refractivity contribution in [2.75, 3.05) is 0 Å². The third-order valence-electron chi connectivity index (χ3n) is 2.16. The van der Waals surface area contributed by atoms with Crippen molar-refractivity contribution in [1.82, 2.24) is 0 Å². The van der Waals surface area contributed by atoms with E-state index in [1.54, 1.807) is 0 Å². The molecule has 0 atom stereocenters. The van der Waals surface area contributed by atoms with Crippen LogP contribution in [0.2, 0.25) is 0 Å². The Morgan fingerprint density at radius 3 is 2.69 bits per heavy atom. The molecule has 1 aromatic rings. The first-order valence-corrected chi connectivity index (χ1v) is 5.18. The first-order valence-electron chi connectivity index (χ1n) is 4.38. The molecule has 0 bridgehead atoms. The van der Waals surface area contributed by atoms with Gasteiger partial charge < -0.3 is 0 Å². The van der Waals surface area contributed by atoms with Gasteiger partial charge in [-0.15, -0.1) is 0 Å². The Kier molecular flexibility index (Phi) is 3.50. The lowest BCUT2D eigenvalue weighted by Gasteiger charge is -2.08. The summed E-state index contributed by atoms with van der Waals surface area (Å²) in [5, 5.41) is 8.84. The van der Waals surface area contributed by atoms with Crippen LogP contribution in [0, 0.1) is 18.3 Å². The van der Waals surface area contributed by atoms with E-state index in [1.165, 1.54) is 5.56 Å². The van der Waals surface area contributed by atoms with Gasteiger partial charge in [0.1, 0.15) is 0 Å². The average Bonchev–Trinajstić information content (AvgIpc) is 2.12. The van der Waals surface area contributed by atoms with Gasteiger partial charge in [0, 0.05) is 4.47 Å². The van der Waals surface area contributed by atoms with E-state index in [2.05, 4.69) is 28.9 Å². The minimum atomic E-state index is 0.784. The van der Waals surface area contributed by atoms with E-state index in [0.29, 0.717) is 0 Å². The number of nitrogens with zero attached hydrogens (tertiary/aromatic N) is 1. The van der Waals surface area contributed by atoms with E-state index in [-0.39, 0.29) is 0 Å². The highest BCUT2D eigenvalue weighted by atomic mass is 79.9. The first kappa shape index (κ1) is 10.3.